The minimum Gasteiger partial charge on any atom is -0.497 e. The highest BCUT2D eigenvalue weighted by molar-refractivity contribution is 6.04. The second kappa shape index (κ2) is 9.23. The van der Waals surface area contributed by atoms with Gasteiger partial charge in [-0.25, -0.2) is 0 Å². The smallest absolute Gasteiger partial charge is 0.185 e. The molecule has 0 radical (unpaired) electrons. The first-order chi connectivity index (χ1) is 12.1. The Labute approximate surface area is 148 Å². The van der Waals surface area contributed by atoms with Crippen LogP contribution in [0, 0.1) is 0 Å². The molecular weight excluding hydrogens is 312 g/mol. The molecule has 0 spiro atoms. The van der Waals surface area contributed by atoms with Crippen molar-refractivity contribution in [1.29, 1.82) is 0 Å². The molecule has 0 heterocycles. The fourth-order valence-corrected chi connectivity index (χ4v) is 2.08. The van der Waals surface area contributed by atoms with Crippen molar-refractivity contribution < 1.29 is 9.53 Å². The number of para-hydroxylation sites is 1. The predicted molar refractivity (Wildman–Crippen MR) is 104 cm³/mol. The Balaban J connectivity index is 1.94. The van der Waals surface area contributed by atoms with E-state index in [1.807, 2.05) is 50.4 Å². The highest BCUT2D eigenvalue weighted by atomic mass is 16.5. The summed E-state index contributed by atoms with van der Waals surface area (Å²) in [5.41, 5.74) is 2.57. The Kier molecular flexibility index (Phi) is 6.72. The number of methoxy groups -OCH3 is 1. The number of hydrogen-bond donors (Lipinski definition) is 0. The maximum absolute atomic E-state index is 12.1. The fourth-order valence-electron chi connectivity index (χ4n) is 2.08. The number of nitrogens with zero attached hydrogens (tertiary/aromatic N) is 2. The Morgan fingerprint density at radius 1 is 1.04 bits per heavy atom. The first kappa shape index (κ1) is 18.2. The molecule has 0 aromatic heterocycles. The number of hydrogen-bond acceptors (Lipinski definition) is 4. The summed E-state index contributed by atoms with van der Waals surface area (Å²) >= 11 is 0. The molecule has 0 saturated heterocycles. The van der Waals surface area contributed by atoms with E-state index >= 15 is 0 Å². The second-order valence-electron chi connectivity index (χ2n) is 5.46. The van der Waals surface area contributed by atoms with Crippen LogP contribution in [0.5, 0.6) is 5.75 Å². The number of ether oxygens (including phenoxy) is 1. The zero-order valence-corrected chi connectivity index (χ0v) is 14.7. The van der Waals surface area contributed by atoms with Crippen LogP contribution >= 0.6 is 0 Å². The third-order valence-electron chi connectivity index (χ3n) is 3.58. The molecule has 128 valence electrons. The highest BCUT2D eigenvalue weighted by Crippen LogP contribution is 2.12. The molecule has 0 aliphatic carbocycles. The third kappa shape index (κ3) is 5.77. The lowest BCUT2D eigenvalue weighted by Crippen LogP contribution is -2.07. The Morgan fingerprint density at radius 3 is 2.36 bits per heavy atom. The molecule has 0 aliphatic rings. The van der Waals surface area contributed by atoms with Gasteiger partial charge in [0.1, 0.15) is 5.75 Å². The lowest BCUT2D eigenvalue weighted by molar-refractivity contribution is 0.104. The molecule has 2 aromatic rings. The van der Waals surface area contributed by atoms with E-state index in [0.29, 0.717) is 5.56 Å². The van der Waals surface area contributed by atoms with Crippen molar-refractivity contribution in [2.45, 2.75) is 6.92 Å². The zero-order valence-electron chi connectivity index (χ0n) is 14.7. The maximum atomic E-state index is 12.1. The van der Waals surface area contributed by atoms with Crippen molar-refractivity contribution >= 4 is 17.7 Å². The Morgan fingerprint density at radius 2 is 1.72 bits per heavy atom. The molecule has 4 heteroatoms. The summed E-state index contributed by atoms with van der Waals surface area (Å²) in [6, 6.07) is 16.9. The van der Waals surface area contributed by atoms with Gasteiger partial charge in [-0.05, 0) is 61.0 Å². The first-order valence-corrected chi connectivity index (χ1v) is 7.96. The van der Waals surface area contributed by atoms with Crippen molar-refractivity contribution in [3.8, 4) is 5.75 Å². The minimum atomic E-state index is -0.0475. The van der Waals surface area contributed by atoms with Gasteiger partial charge in [0, 0.05) is 18.8 Å². The zero-order chi connectivity index (χ0) is 18.1. The van der Waals surface area contributed by atoms with E-state index in [1.165, 1.54) is 0 Å². The van der Waals surface area contributed by atoms with E-state index in [2.05, 4.69) is 5.10 Å². The molecule has 2 aromatic carbocycles. The van der Waals surface area contributed by atoms with Crippen molar-refractivity contribution in [2.24, 2.45) is 5.10 Å². The minimum absolute atomic E-state index is 0.0475. The number of benzene rings is 2. The van der Waals surface area contributed by atoms with Crippen LogP contribution in [0.15, 0.2) is 83.5 Å². The van der Waals surface area contributed by atoms with Gasteiger partial charge >= 0.3 is 0 Å². The summed E-state index contributed by atoms with van der Waals surface area (Å²) in [4.78, 5) is 12.1. The molecule has 0 amide bonds. The summed E-state index contributed by atoms with van der Waals surface area (Å²) in [5, 5.41) is 6.13. The molecule has 4 nitrogen and oxygen atoms in total. The van der Waals surface area contributed by atoms with Crippen LogP contribution in [0.25, 0.3) is 0 Å². The van der Waals surface area contributed by atoms with Crippen LogP contribution in [-0.4, -0.2) is 26.2 Å². The van der Waals surface area contributed by atoms with Crippen LogP contribution < -0.4 is 9.75 Å². The molecular formula is C21H22N2O2. The van der Waals surface area contributed by atoms with Gasteiger partial charge in [-0.3, -0.25) is 9.80 Å². The SMILES string of the molecule is COc1ccc(C(=O)C=CC(C)=CC=NN(C)c2ccccc2)cc1. The maximum Gasteiger partial charge on any atom is 0.185 e. The molecule has 0 unspecified atom stereocenters. The van der Waals surface area contributed by atoms with Crippen LogP contribution in [0.1, 0.15) is 17.3 Å². The van der Waals surface area contributed by atoms with Gasteiger partial charge in [0.25, 0.3) is 0 Å². The second-order valence-corrected chi connectivity index (χ2v) is 5.46. The van der Waals surface area contributed by atoms with Gasteiger partial charge in [0.05, 0.1) is 12.8 Å². The average molecular weight is 334 g/mol. The molecule has 2 rings (SSSR count). The van der Waals surface area contributed by atoms with Gasteiger partial charge in [-0.15, -0.1) is 0 Å². The number of carbonyl (C=O) groups excluding carboxylic acids is 1. The van der Waals surface area contributed by atoms with E-state index in [0.717, 1.165) is 17.0 Å². The van der Waals surface area contributed by atoms with E-state index in [9.17, 15) is 4.79 Å². The summed E-state index contributed by atoms with van der Waals surface area (Å²) in [5.74, 6) is 0.684. The Hall–Kier alpha value is -3.14. The summed E-state index contributed by atoms with van der Waals surface area (Å²) in [7, 11) is 3.49. The van der Waals surface area contributed by atoms with Crippen molar-refractivity contribution in [3.05, 3.63) is 84.0 Å². The van der Waals surface area contributed by atoms with Crippen molar-refractivity contribution in [2.75, 3.05) is 19.2 Å². The lowest BCUT2D eigenvalue weighted by Gasteiger charge is -2.11. The fraction of sp³-hybridized carbons (Fsp3) is 0.143. The van der Waals surface area contributed by atoms with Crippen LogP contribution in [-0.2, 0) is 0 Å². The standard InChI is InChI=1S/C21H22N2O2/c1-17(15-16-22-23(2)19-7-5-4-6-8-19)9-14-21(24)18-10-12-20(25-3)13-11-18/h4-16H,1-3H3. The van der Waals surface area contributed by atoms with Gasteiger partial charge in [0.2, 0.25) is 0 Å². The van der Waals surface area contributed by atoms with Gasteiger partial charge in [0.15, 0.2) is 5.78 Å². The molecule has 0 saturated carbocycles. The monoisotopic (exact) mass is 334 g/mol. The summed E-state index contributed by atoms with van der Waals surface area (Å²) in [6.07, 6.45) is 6.91. The Bertz CT molecular complexity index is 775. The van der Waals surface area contributed by atoms with Crippen molar-refractivity contribution in [3.63, 3.8) is 0 Å². The number of anilines is 1. The lowest BCUT2D eigenvalue weighted by atomic mass is 10.1. The summed E-state index contributed by atoms with van der Waals surface area (Å²) < 4.78 is 5.09. The van der Waals surface area contributed by atoms with E-state index in [4.69, 9.17) is 4.74 Å². The average Bonchev–Trinajstić information content (AvgIpc) is 2.66. The molecule has 0 N–H and O–H groups in total. The van der Waals surface area contributed by atoms with Crippen LogP contribution in [0.3, 0.4) is 0 Å². The molecule has 0 bridgehead atoms. The molecule has 0 aliphatic heterocycles. The van der Waals surface area contributed by atoms with Crippen LogP contribution in [0.4, 0.5) is 5.69 Å². The largest absolute Gasteiger partial charge is 0.497 e. The van der Waals surface area contributed by atoms with Gasteiger partial charge in [-0.1, -0.05) is 24.3 Å². The van der Waals surface area contributed by atoms with Gasteiger partial charge < -0.3 is 4.74 Å². The quantitative estimate of drug-likeness (QED) is 0.246. The predicted octanol–water partition coefficient (Wildman–Crippen LogP) is 4.50. The number of allylic oxidation sites excluding steroid dienone is 4. The first-order valence-electron chi connectivity index (χ1n) is 7.96. The normalized spacial score (nSPS) is 11.9. The molecule has 0 fully saturated rings. The molecule has 25 heavy (non-hydrogen) atoms. The number of rotatable bonds is 7. The van der Waals surface area contributed by atoms with E-state index < -0.39 is 0 Å². The number of carbonyl (C=O) groups is 1. The van der Waals surface area contributed by atoms with Crippen molar-refractivity contribution in [1.82, 2.24) is 0 Å². The number of hydrazone groups is 1. The van der Waals surface area contributed by atoms with E-state index in [1.54, 1.807) is 54.8 Å². The topological polar surface area (TPSA) is 41.9 Å². The van der Waals surface area contributed by atoms with E-state index in [-0.39, 0.29) is 5.78 Å². The molecule has 0 atom stereocenters. The number of ketones is 1. The van der Waals surface area contributed by atoms with Crippen LogP contribution in [0.2, 0.25) is 0 Å². The third-order valence-corrected chi connectivity index (χ3v) is 3.58. The highest BCUT2D eigenvalue weighted by Gasteiger charge is 2.01. The summed E-state index contributed by atoms with van der Waals surface area (Å²) in [6.45, 7) is 1.92. The van der Waals surface area contributed by atoms with Gasteiger partial charge in [-0.2, -0.15) is 5.10 Å².